The van der Waals surface area contributed by atoms with E-state index in [1.165, 1.54) is 54.6 Å². The van der Waals surface area contributed by atoms with Crippen molar-refractivity contribution in [3.63, 3.8) is 0 Å². The molecule has 0 spiro atoms. The Morgan fingerprint density at radius 3 is 1.88 bits per heavy atom. The van der Waals surface area contributed by atoms with Crippen molar-refractivity contribution in [3.05, 3.63) is 111 Å². The van der Waals surface area contributed by atoms with Gasteiger partial charge >= 0.3 is 0 Å². The normalized spacial score (nSPS) is 11.6. The van der Waals surface area contributed by atoms with Gasteiger partial charge in [-0.3, -0.25) is 13.8 Å². The van der Waals surface area contributed by atoms with E-state index >= 15 is 0 Å². The molecule has 0 aromatic heterocycles. The molecule has 1 amide bonds. The quantitative estimate of drug-likeness (QED) is 0.204. The number of benzene rings is 4. The second kappa shape index (κ2) is 12.2. The van der Waals surface area contributed by atoms with E-state index in [9.17, 15) is 21.6 Å². The van der Waals surface area contributed by atoms with Crippen molar-refractivity contribution >= 4 is 82.1 Å². The average Bonchev–Trinajstić information content (AvgIpc) is 2.88. The number of carbonyl (C=O) groups is 1. The Bertz CT molecular complexity index is 1730. The average molecular weight is 683 g/mol. The molecule has 40 heavy (non-hydrogen) atoms. The molecule has 0 aliphatic rings. The molecule has 0 heterocycles. The van der Waals surface area contributed by atoms with E-state index in [0.29, 0.717) is 5.69 Å². The standard InChI is InChI=1S/C27H22BrCl2N3O5S2/c1-18-2-10-26(11-3-18)40(37,38)33(24-15-20(29)14-21(30)16-24)17-27(34)31-22-8-12-25(13-9-22)39(35,36)32-23-6-4-19(28)5-7-23/h2-16,32H,17H2,1H3,(H,31,34). The largest absolute Gasteiger partial charge is 0.325 e. The fourth-order valence-electron chi connectivity index (χ4n) is 3.62. The molecule has 8 nitrogen and oxygen atoms in total. The molecule has 13 heteroatoms. The van der Waals surface area contributed by atoms with E-state index in [-0.39, 0.29) is 31.2 Å². The van der Waals surface area contributed by atoms with Crippen molar-refractivity contribution in [2.45, 2.75) is 16.7 Å². The zero-order valence-electron chi connectivity index (χ0n) is 20.8. The second-order valence-electron chi connectivity index (χ2n) is 8.64. The summed E-state index contributed by atoms with van der Waals surface area (Å²) in [5.74, 6) is -0.671. The molecule has 4 aromatic carbocycles. The molecule has 2 N–H and O–H groups in total. The highest BCUT2D eigenvalue weighted by Gasteiger charge is 2.28. The lowest BCUT2D eigenvalue weighted by atomic mass is 10.2. The summed E-state index contributed by atoms with van der Waals surface area (Å²) in [6.07, 6.45) is 0. The first-order valence-corrected chi connectivity index (χ1v) is 16.0. The van der Waals surface area contributed by atoms with Crippen LogP contribution in [0, 0.1) is 6.92 Å². The molecule has 4 aromatic rings. The minimum atomic E-state index is -4.19. The van der Waals surface area contributed by atoms with E-state index in [1.54, 1.807) is 36.4 Å². The number of nitrogens with zero attached hydrogens (tertiary/aromatic N) is 1. The first-order valence-electron chi connectivity index (χ1n) is 11.6. The van der Waals surface area contributed by atoms with E-state index in [4.69, 9.17) is 23.2 Å². The third kappa shape index (κ3) is 7.35. The van der Waals surface area contributed by atoms with E-state index in [2.05, 4.69) is 26.0 Å². The van der Waals surface area contributed by atoms with Crippen LogP contribution in [-0.2, 0) is 24.8 Å². The smallest absolute Gasteiger partial charge is 0.264 e. The number of carbonyl (C=O) groups excluding carboxylic acids is 1. The first-order chi connectivity index (χ1) is 18.8. The zero-order valence-corrected chi connectivity index (χ0v) is 25.5. The maximum absolute atomic E-state index is 13.6. The number of anilines is 3. The van der Waals surface area contributed by atoms with Gasteiger partial charge in [0, 0.05) is 25.9 Å². The molecule has 208 valence electrons. The molecule has 0 aliphatic heterocycles. The van der Waals surface area contributed by atoms with Gasteiger partial charge in [-0.2, -0.15) is 0 Å². The van der Waals surface area contributed by atoms with Crippen LogP contribution in [-0.4, -0.2) is 29.3 Å². The van der Waals surface area contributed by atoms with Crippen molar-refractivity contribution in [3.8, 4) is 0 Å². The monoisotopic (exact) mass is 681 g/mol. The van der Waals surface area contributed by atoms with Gasteiger partial charge in [0.05, 0.1) is 15.5 Å². The Labute approximate surface area is 251 Å². The Kier molecular flexibility index (Phi) is 9.11. The number of amides is 1. The lowest BCUT2D eigenvalue weighted by Gasteiger charge is -2.24. The minimum Gasteiger partial charge on any atom is -0.325 e. The highest BCUT2D eigenvalue weighted by Crippen LogP contribution is 2.30. The first kappa shape index (κ1) is 29.9. The lowest BCUT2D eigenvalue weighted by Crippen LogP contribution is -2.38. The van der Waals surface area contributed by atoms with Crippen LogP contribution in [0.3, 0.4) is 0 Å². The fourth-order valence-corrected chi connectivity index (χ4v) is 6.86. The van der Waals surface area contributed by atoms with Crippen LogP contribution in [0.5, 0.6) is 0 Å². The van der Waals surface area contributed by atoms with Gasteiger partial charge in [-0.15, -0.1) is 0 Å². The molecule has 0 fully saturated rings. The fraction of sp³-hybridized carbons (Fsp3) is 0.0741. The SMILES string of the molecule is Cc1ccc(S(=O)(=O)N(CC(=O)Nc2ccc(S(=O)(=O)Nc3ccc(Br)cc3)cc2)c2cc(Cl)cc(Cl)c2)cc1. The maximum atomic E-state index is 13.6. The Morgan fingerprint density at radius 1 is 0.775 bits per heavy atom. The van der Waals surface area contributed by atoms with Crippen LogP contribution >= 0.6 is 39.1 Å². The molecule has 0 radical (unpaired) electrons. The second-order valence-corrected chi connectivity index (χ2v) is 14.0. The third-order valence-electron chi connectivity index (χ3n) is 5.58. The van der Waals surface area contributed by atoms with Crippen LogP contribution in [0.25, 0.3) is 0 Å². The summed E-state index contributed by atoms with van der Waals surface area (Å²) in [5.41, 5.74) is 1.63. The molecule has 0 bridgehead atoms. The Morgan fingerprint density at radius 2 is 1.30 bits per heavy atom. The van der Waals surface area contributed by atoms with Gasteiger partial charge in [0.1, 0.15) is 6.54 Å². The molecule has 0 saturated heterocycles. The van der Waals surface area contributed by atoms with Gasteiger partial charge in [-0.05, 0) is 85.8 Å². The van der Waals surface area contributed by atoms with E-state index < -0.39 is 32.5 Å². The molecule has 0 aliphatic carbocycles. The molecule has 0 saturated carbocycles. The van der Waals surface area contributed by atoms with Crippen molar-refractivity contribution in [1.82, 2.24) is 0 Å². The van der Waals surface area contributed by atoms with E-state index in [0.717, 1.165) is 14.3 Å². The predicted molar refractivity (Wildman–Crippen MR) is 162 cm³/mol. The van der Waals surface area contributed by atoms with Crippen LogP contribution < -0.4 is 14.3 Å². The van der Waals surface area contributed by atoms with Crippen LogP contribution in [0.2, 0.25) is 10.0 Å². The predicted octanol–water partition coefficient (Wildman–Crippen LogP) is 6.70. The third-order valence-corrected chi connectivity index (χ3v) is 9.73. The summed E-state index contributed by atoms with van der Waals surface area (Å²) in [7, 11) is -8.06. The number of halogens is 3. The molecule has 4 rings (SSSR count). The maximum Gasteiger partial charge on any atom is 0.264 e. The summed E-state index contributed by atoms with van der Waals surface area (Å²) >= 11 is 15.5. The summed E-state index contributed by atoms with van der Waals surface area (Å²) in [5, 5.41) is 3.00. The topological polar surface area (TPSA) is 113 Å². The van der Waals surface area contributed by atoms with Gasteiger partial charge in [0.2, 0.25) is 5.91 Å². The minimum absolute atomic E-state index is 0.0187. The summed E-state index contributed by atoms with van der Waals surface area (Å²) in [4.78, 5) is 13.0. The van der Waals surface area contributed by atoms with Gasteiger partial charge in [0.25, 0.3) is 20.0 Å². The summed E-state index contributed by atoms with van der Waals surface area (Å²) in [6.45, 7) is 1.23. The van der Waals surface area contributed by atoms with Crippen LogP contribution in [0.1, 0.15) is 5.56 Å². The van der Waals surface area contributed by atoms with Gasteiger partial charge < -0.3 is 5.32 Å². The van der Waals surface area contributed by atoms with Crippen molar-refractivity contribution in [2.75, 3.05) is 20.9 Å². The van der Waals surface area contributed by atoms with Gasteiger partial charge in [0.15, 0.2) is 0 Å². The number of nitrogens with one attached hydrogen (secondary N) is 2. The summed E-state index contributed by atoms with van der Waals surface area (Å²) < 4.78 is 56.8. The number of rotatable bonds is 9. The summed E-state index contributed by atoms with van der Waals surface area (Å²) in [6, 6.07) is 22.5. The number of aryl methyl sites for hydroxylation is 1. The van der Waals surface area contributed by atoms with Crippen LogP contribution in [0.15, 0.2) is 105 Å². The Hall–Kier alpha value is -3.09. The van der Waals surface area contributed by atoms with Gasteiger partial charge in [-0.1, -0.05) is 56.8 Å². The molecular weight excluding hydrogens is 661 g/mol. The van der Waals surface area contributed by atoms with Gasteiger partial charge in [-0.25, -0.2) is 16.8 Å². The van der Waals surface area contributed by atoms with Crippen LogP contribution in [0.4, 0.5) is 17.1 Å². The number of sulfonamides is 2. The van der Waals surface area contributed by atoms with Crippen molar-refractivity contribution < 1.29 is 21.6 Å². The van der Waals surface area contributed by atoms with Crippen molar-refractivity contribution in [2.24, 2.45) is 0 Å². The number of hydrogen-bond acceptors (Lipinski definition) is 5. The zero-order chi connectivity index (χ0) is 29.1. The number of hydrogen-bond donors (Lipinski definition) is 2. The highest BCUT2D eigenvalue weighted by molar-refractivity contribution is 9.10. The van der Waals surface area contributed by atoms with E-state index in [1.807, 2.05) is 6.92 Å². The molecule has 0 atom stereocenters. The molecular formula is C27H22BrCl2N3O5S2. The Balaban J connectivity index is 1.55. The highest BCUT2D eigenvalue weighted by atomic mass is 79.9. The van der Waals surface area contributed by atoms with Crippen molar-refractivity contribution in [1.29, 1.82) is 0 Å². The lowest BCUT2D eigenvalue weighted by molar-refractivity contribution is -0.114. The molecule has 0 unspecified atom stereocenters.